The summed E-state index contributed by atoms with van der Waals surface area (Å²) < 4.78 is 26.3. The molecule has 28 heavy (non-hydrogen) atoms. The molecule has 3 rings (SSSR count). The highest BCUT2D eigenvalue weighted by atomic mass is 35.5. The first-order valence-electron chi connectivity index (χ1n) is 7.98. The van der Waals surface area contributed by atoms with Crippen LogP contribution in [-0.2, 0) is 14.9 Å². The van der Waals surface area contributed by atoms with Crippen molar-refractivity contribution in [2.75, 3.05) is 0 Å². The number of hydrogen-bond donors (Lipinski definition) is 0. The SMILES string of the molecule is C/C(=N/OC(=O)c1ccc(Cl)cc1)c1ccn(S(=O)(=O)c2ccc(Cl)cc2)c1. The number of oxime groups is 1. The molecule has 0 amide bonds. The highest BCUT2D eigenvalue weighted by Gasteiger charge is 2.17. The van der Waals surface area contributed by atoms with Crippen LogP contribution in [0.1, 0.15) is 22.8 Å². The fourth-order valence-electron chi connectivity index (χ4n) is 2.27. The van der Waals surface area contributed by atoms with Crippen molar-refractivity contribution in [3.63, 3.8) is 0 Å². The van der Waals surface area contributed by atoms with Gasteiger partial charge in [-0.25, -0.2) is 17.2 Å². The lowest BCUT2D eigenvalue weighted by Gasteiger charge is -2.05. The molecule has 0 saturated carbocycles. The third kappa shape index (κ3) is 4.44. The minimum Gasteiger partial charge on any atom is -0.313 e. The lowest BCUT2D eigenvalue weighted by atomic mass is 10.2. The summed E-state index contributed by atoms with van der Waals surface area (Å²) in [5.41, 5.74) is 1.12. The number of aromatic nitrogens is 1. The molecule has 0 aliphatic heterocycles. The van der Waals surface area contributed by atoms with Crippen molar-refractivity contribution in [2.45, 2.75) is 11.8 Å². The monoisotopic (exact) mass is 436 g/mol. The van der Waals surface area contributed by atoms with Gasteiger partial charge in [0.05, 0.1) is 16.2 Å². The van der Waals surface area contributed by atoms with E-state index < -0.39 is 16.0 Å². The Balaban J connectivity index is 1.77. The number of benzene rings is 2. The van der Waals surface area contributed by atoms with Gasteiger partial charge in [-0.1, -0.05) is 28.4 Å². The normalized spacial score (nSPS) is 12.0. The summed E-state index contributed by atoms with van der Waals surface area (Å²) in [6, 6.07) is 13.6. The number of hydrogen-bond acceptors (Lipinski definition) is 5. The smallest absolute Gasteiger partial charge is 0.313 e. The summed E-state index contributed by atoms with van der Waals surface area (Å²) in [5.74, 6) is -0.649. The number of halogens is 2. The molecule has 0 spiro atoms. The summed E-state index contributed by atoms with van der Waals surface area (Å²) in [4.78, 5) is 17.0. The molecular weight excluding hydrogens is 423 g/mol. The topological polar surface area (TPSA) is 77.7 Å². The fourth-order valence-corrected chi connectivity index (χ4v) is 3.72. The van der Waals surface area contributed by atoms with E-state index in [0.717, 1.165) is 3.97 Å². The van der Waals surface area contributed by atoms with Crippen LogP contribution in [-0.4, -0.2) is 24.1 Å². The lowest BCUT2D eigenvalue weighted by molar-refractivity contribution is 0.0516. The molecule has 0 fully saturated rings. The van der Waals surface area contributed by atoms with Gasteiger partial charge in [-0.2, -0.15) is 0 Å². The zero-order valence-electron chi connectivity index (χ0n) is 14.5. The van der Waals surface area contributed by atoms with Crippen LogP contribution in [0, 0.1) is 0 Å². The Morgan fingerprint density at radius 2 is 1.50 bits per heavy atom. The maximum atomic E-state index is 12.6. The summed E-state index contributed by atoms with van der Waals surface area (Å²) in [5, 5.41) is 4.72. The molecule has 1 aromatic heterocycles. The molecule has 0 N–H and O–H groups in total. The average Bonchev–Trinajstić information content (AvgIpc) is 3.18. The highest BCUT2D eigenvalue weighted by molar-refractivity contribution is 7.90. The van der Waals surface area contributed by atoms with Crippen molar-refractivity contribution in [3.8, 4) is 0 Å². The zero-order chi connectivity index (χ0) is 20.3. The van der Waals surface area contributed by atoms with Crippen molar-refractivity contribution in [3.05, 3.63) is 88.2 Å². The highest BCUT2D eigenvalue weighted by Crippen LogP contribution is 2.18. The van der Waals surface area contributed by atoms with Gasteiger partial charge in [0, 0.05) is 28.0 Å². The third-order valence-electron chi connectivity index (χ3n) is 3.82. The van der Waals surface area contributed by atoms with Crippen LogP contribution >= 0.6 is 23.2 Å². The Hall–Kier alpha value is -2.61. The first kappa shape index (κ1) is 20.1. The van der Waals surface area contributed by atoms with Crippen LogP contribution in [0.3, 0.4) is 0 Å². The summed E-state index contributed by atoms with van der Waals surface area (Å²) >= 11 is 11.6. The van der Waals surface area contributed by atoms with Gasteiger partial charge in [0.15, 0.2) is 0 Å². The van der Waals surface area contributed by atoms with E-state index in [-0.39, 0.29) is 4.90 Å². The Morgan fingerprint density at radius 3 is 2.11 bits per heavy atom. The van der Waals surface area contributed by atoms with Gasteiger partial charge < -0.3 is 4.84 Å². The van der Waals surface area contributed by atoms with Crippen LogP contribution in [0.4, 0.5) is 0 Å². The van der Waals surface area contributed by atoms with Crippen molar-refractivity contribution >= 4 is 44.9 Å². The molecule has 144 valence electrons. The molecular formula is C19H14Cl2N2O4S. The molecule has 0 radical (unpaired) electrons. The van der Waals surface area contributed by atoms with E-state index in [9.17, 15) is 13.2 Å². The minimum absolute atomic E-state index is 0.0998. The van der Waals surface area contributed by atoms with Crippen LogP contribution in [0.2, 0.25) is 10.0 Å². The standard InChI is InChI=1S/C19H14Cl2N2O4S/c1-13(22-27-19(24)14-2-4-16(20)5-3-14)15-10-11-23(12-15)28(25,26)18-8-6-17(21)7-9-18/h2-12H,1H3/b22-13-. The van der Waals surface area contributed by atoms with Gasteiger partial charge in [-0.3, -0.25) is 0 Å². The van der Waals surface area contributed by atoms with Crippen LogP contribution in [0.15, 0.2) is 77.0 Å². The Morgan fingerprint density at radius 1 is 0.929 bits per heavy atom. The maximum absolute atomic E-state index is 12.6. The van der Waals surface area contributed by atoms with Crippen molar-refractivity contribution in [1.82, 2.24) is 3.97 Å². The predicted octanol–water partition coefficient (Wildman–Crippen LogP) is 4.61. The molecule has 1 heterocycles. The van der Waals surface area contributed by atoms with Crippen molar-refractivity contribution in [2.24, 2.45) is 5.16 Å². The van der Waals surface area contributed by atoms with E-state index in [2.05, 4.69) is 5.16 Å². The van der Waals surface area contributed by atoms with Crippen LogP contribution < -0.4 is 0 Å². The Kier molecular flexibility index (Phi) is 5.88. The van der Waals surface area contributed by atoms with E-state index in [4.69, 9.17) is 28.0 Å². The fraction of sp³-hybridized carbons (Fsp3) is 0.0526. The first-order valence-corrected chi connectivity index (χ1v) is 10.2. The molecule has 3 aromatic rings. The number of carbonyl (C=O) groups is 1. The van der Waals surface area contributed by atoms with Gasteiger partial charge in [0.2, 0.25) is 0 Å². The van der Waals surface area contributed by atoms with Crippen molar-refractivity contribution < 1.29 is 18.0 Å². The summed E-state index contributed by atoms with van der Waals surface area (Å²) in [7, 11) is -3.76. The van der Waals surface area contributed by atoms with Crippen LogP contribution in [0.5, 0.6) is 0 Å². The largest absolute Gasteiger partial charge is 0.365 e. The second-order valence-corrected chi connectivity index (χ2v) is 8.47. The van der Waals surface area contributed by atoms with Gasteiger partial charge in [-0.15, -0.1) is 0 Å². The number of nitrogens with zero attached hydrogens (tertiary/aromatic N) is 2. The quantitative estimate of drug-likeness (QED) is 0.332. The van der Waals surface area contributed by atoms with Crippen LogP contribution in [0.25, 0.3) is 0 Å². The predicted molar refractivity (Wildman–Crippen MR) is 108 cm³/mol. The van der Waals surface area contributed by atoms with Gasteiger partial charge in [0.1, 0.15) is 0 Å². The minimum atomic E-state index is -3.76. The molecule has 0 unspecified atom stereocenters. The maximum Gasteiger partial charge on any atom is 0.365 e. The Bertz CT molecular complexity index is 1140. The third-order valence-corrected chi connectivity index (χ3v) is 5.97. The lowest BCUT2D eigenvalue weighted by Crippen LogP contribution is -2.11. The molecule has 0 atom stereocenters. The van der Waals surface area contributed by atoms with E-state index >= 15 is 0 Å². The molecule has 0 bridgehead atoms. The molecule has 2 aromatic carbocycles. The second kappa shape index (κ2) is 8.18. The number of carbonyl (C=O) groups excluding carboxylic acids is 1. The van der Waals surface area contributed by atoms with E-state index in [0.29, 0.717) is 26.9 Å². The van der Waals surface area contributed by atoms with E-state index in [1.54, 1.807) is 25.1 Å². The molecule has 0 saturated heterocycles. The second-order valence-electron chi connectivity index (χ2n) is 5.75. The summed E-state index contributed by atoms with van der Waals surface area (Å²) in [6.45, 7) is 1.60. The number of rotatable bonds is 5. The van der Waals surface area contributed by atoms with Gasteiger partial charge >= 0.3 is 5.97 Å². The summed E-state index contributed by atoms with van der Waals surface area (Å²) in [6.07, 6.45) is 2.78. The molecule has 6 nitrogen and oxygen atoms in total. The van der Waals surface area contributed by atoms with Gasteiger partial charge in [0.25, 0.3) is 10.0 Å². The molecule has 0 aliphatic carbocycles. The molecule has 0 aliphatic rings. The van der Waals surface area contributed by atoms with Gasteiger partial charge in [-0.05, 0) is 61.5 Å². The average molecular weight is 437 g/mol. The zero-order valence-corrected chi connectivity index (χ0v) is 16.9. The Labute approximate surface area is 172 Å². The first-order chi connectivity index (χ1) is 13.3. The van der Waals surface area contributed by atoms with E-state index in [1.807, 2.05) is 0 Å². The van der Waals surface area contributed by atoms with Crippen molar-refractivity contribution in [1.29, 1.82) is 0 Å². The van der Waals surface area contributed by atoms with E-state index in [1.165, 1.54) is 48.8 Å². The molecule has 9 heteroatoms.